The second-order valence-electron chi connectivity index (χ2n) is 5.65. The molecule has 1 saturated heterocycles. The number of hydrogen-bond acceptors (Lipinski definition) is 2. The van der Waals surface area contributed by atoms with E-state index >= 15 is 0 Å². The van der Waals surface area contributed by atoms with Gasteiger partial charge >= 0.3 is 0 Å². The second-order valence-corrected chi connectivity index (χ2v) is 5.65. The molecule has 1 atom stereocenters. The van der Waals surface area contributed by atoms with E-state index in [2.05, 4.69) is 15.6 Å². The third-order valence-corrected chi connectivity index (χ3v) is 4.25. The molecule has 1 aliphatic rings. The van der Waals surface area contributed by atoms with Crippen LogP contribution in [0.5, 0.6) is 0 Å². The van der Waals surface area contributed by atoms with E-state index in [1.54, 1.807) is 12.4 Å². The minimum absolute atomic E-state index is 0.0937. The Labute approximate surface area is 125 Å². The van der Waals surface area contributed by atoms with Crippen LogP contribution >= 0.6 is 0 Å². The van der Waals surface area contributed by atoms with Gasteiger partial charge in [0.25, 0.3) is 5.91 Å². The van der Waals surface area contributed by atoms with E-state index in [9.17, 15) is 4.79 Å². The molecule has 4 nitrogen and oxygen atoms in total. The van der Waals surface area contributed by atoms with Crippen LogP contribution in [0.2, 0.25) is 0 Å². The molecule has 2 aromatic heterocycles. The lowest BCUT2D eigenvalue weighted by Gasteiger charge is -2.30. The van der Waals surface area contributed by atoms with E-state index in [4.69, 9.17) is 0 Å². The van der Waals surface area contributed by atoms with Gasteiger partial charge < -0.3 is 9.47 Å². The summed E-state index contributed by atoms with van der Waals surface area (Å²) in [6, 6.07) is 8.01. The van der Waals surface area contributed by atoms with Crippen LogP contribution in [0.15, 0.2) is 42.9 Å². The zero-order valence-corrected chi connectivity index (χ0v) is 12.4. The molecule has 0 N–H and O–H groups in total. The summed E-state index contributed by atoms with van der Waals surface area (Å²) in [6.45, 7) is 0.823. The molecule has 4 heteroatoms. The summed E-state index contributed by atoms with van der Waals surface area (Å²) in [4.78, 5) is 18.9. The molecule has 0 saturated carbocycles. The number of nitrogens with zero attached hydrogens (tertiary/aromatic N) is 3. The van der Waals surface area contributed by atoms with E-state index < -0.39 is 0 Å². The standard InChI is InChI=1S/C17H21N3O/c1-19-11-6-9-15(19)16-8-3-2-4-12-20(16)17(21)14-7-5-10-18-13-14/h5-7,9-11,13,16H,2-4,8,12H2,1H3. The summed E-state index contributed by atoms with van der Waals surface area (Å²) in [7, 11) is 2.05. The van der Waals surface area contributed by atoms with Gasteiger partial charge in [-0.15, -0.1) is 0 Å². The highest BCUT2D eigenvalue weighted by molar-refractivity contribution is 5.94. The Morgan fingerprint density at radius 2 is 2.14 bits per heavy atom. The van der Waals surface area contributed by atoms with Crippen molar-refractivity contribution in [2.75, 3.05) is 6.54 Å². The van der Waals surface area contributed by atoms with Crippen LogP contribution in [0.1, 0.15) is 47.8 Å². The number of carbonyl (C=O) groups is 1. The number of likely N-dealkylation sites (tertiary alicyclic amines) is 1. The third-order valence-electron chi connectivity index (χ3n) is 4.25. The number of rotatable bonds is 2. The van der Waals surface area contributed by atoms with Crippen molar-refractivity contribution in [3.05, 3.63) is 54.1 Å². The first-order valence-electron chi connectivity index (χ1n) is 7.59. The topological polar surface area (TPSA) is 38.1 Å². The molecule has 110 valence electrons. The molecule has 0 aromatic carbocycles. The summed E-state index contributed by atoms with van der Waals surface area (Å²) < 4.78 is 2.12. The van der Waals surface area contributed by atoms with Gasteiger partial charge in [-0.25, -0.2) is 0 Å². The van der Waals surface area contributed by atoms with E-state index in [0.29, 0.717) is 5.56 Å². The van der Waals surface area contributed by atoms with Crippen LogP contribution in [0.4, 0.5) is 0 Å². The van der Waals surface area contributed by atoms with Gasteiger partial charge in [0.2, 0.25) is 0 Å². The molecule has 1 aliphatic heterocycles. The average Bonchev–Trinajstić information content (AvgIpc) is 2.80. The summed E-state index contributed by atoms with van der Waals surface area (Å²) >= 11 is 0. The fourth-order valence-electron chi connectivity index (χ4n) is 3.13. The molecule has 2 aromatic rings. The Kier molecular flexibility index (Phi) is 4.04. The van der Waals surface area contributed by atoms with Gasteiger partial charge in [0, 0.05) is 37.9 Å². The Morgan fingerprint density at radius 3 is 2.86 bits per heavy atom. The predicted octanol–water partition coefficient (Wildman–Crippen LogP) is 3.18. The van der Waals surface area contributed by atoms with Crippen molar-refractivity contribution in [3.8, 4) is 0 Å². The molecule has 1 unspecified atom stereocenters. The first kappa shape index (κ1) is 13.9. The van der Waals surface area contributed by atoms with Gasteiger partial charge in [-0.1, -0.05) is 12.8 Å². The van der Waals surface area contributed by atoms with Gasteiger partial charge in [-0.05, 0) is 37.1 Å². The first-order valence-corrected chi connectivity index (χ1v) is 7.59. The molecule has 0 bridgehead atoms. The van der Waals surface area contributed by atoms with Gasteiger partial charge in [0.05, 0.1) is 11.6 Å². The minimum atomic E-state index is 0.0937. The van der Waals surface area contributed by atoms with E-state index in [-0.39, 0.29) is 11.9 Å². The van der Waals surface area contributed by atoms with Crippen molar-refractivity contribution in [1.29, 1.82) is 0 Å². The summed E-state index contributed by atoms with van der Waals surface area (Å²) in [6.07, 6.45) is 9.89. The maximum absolute atomic E-state index is 12.8. The first-order chi connectivity index (χ1) is 10.3. The zero-order valence-electron chi connectivity index (χ0n) is 12.4. The second kappa shape index (κ2) is 6.12. The van der Waals surface area contributed by atoms with Crippen LogP contribution in [0.25, 0.3) is 0 Å². The number of aromatic nitrogens is 2. The molecule has 21 heavy (non-hydrogen) atoms. The van der Waals surface area contributed by atoms with Crippen LogP contribution in [-0.2, 0) is 7.05 Å². The van der Waals surface area contributed by atoms with Crippen LogP contribution in [0, 0.1) is 0 Å². The Hall–Kier alpha value is -2.10. The molecular weight excluding hydrogens is 262 g/mol. The molecule has 1 fully saturated rings. The largest absolute Gasteiger partial charge is 0.353 e. The highest BCUT2D eigenvalue weighted by Crippen LogP contribution is 2.31. The third kappa shape index (κ3) is 2.84. The van der Waals surface area contributed by atoms with Crippen LogP contribution in [0.3, 0.4) is 0 Å². The Bertz CT molecular complexity index is 606. The van der Waals surface area contributed by atoms with Crippen LogP contribution < -0.4 is 0 Å². The molecule has 0 aliphatic carbocycles. The number of aryl methyl sites for hydroxylation is 1. The molecule has 0 radical (unpaired) electrons. The zero-order chi connectivity index (χ0) is 14.7. The summed E-state index contributed by atoms with van der Waals surface area (Å²) in [5.41, 5.74) is 1.90. The Morgan fingerprint density at radius 1 is 1.24 bits per heavy atom. The van der Waals surface area contributed by atoms with E-state index in [0.717, 1.165) is 19.4 Å². The van der Waals surface area contributed by atoms with Gasteiger partial charge in [-0.3, -0.25) is 9.78 Å². The van der Waals surface area contributed by atoms with Crippen molar-refractivity contribution >= 4 is 5.91 Å². The molecule has 3 heterocycles. The van der Waals surface area contributed by atoms with Gasteiger partial charge in [0.15, 0.2) is 0 Å². The smallest absolute Gasteiger partial charge is 0.255 e. The van der Waals surface area contributed by atoms with Crippen molar-refractivity contribution in [1.82, 2.24) is 14.5 Å². The Balaban J connectivity index is 1.92. The normalized spacial score (nSPS) is 19.3. The maximum atomic E-state index is 12.8. The highest BCUT2D eigenvalue weighted by Gasteiger charge is 2.28. The van der Waals surface area contributed by atoms with Crippen molar-refractivity contribution in [3.63, 3.8) is 0 Å². The van der Waals surface area contributed by atoms with Gasteiger partial charge in [0.1, 0.15) is 0 Å². The SMILES string of the molecule is Cn1cccc1C1CCCCCN1C(=O)c1cccnc1. The summed E-state index contributed by atoms with van der Waals surface area (Å²) in [5.74, 6) is 0.0937. The van der Waals surface area contributed by atoms with Crippen molar-refractivity contribution in [2.24, 2.45) is 7.05 Å². The van der Waals surface area contributed by atoms with Crippen molar-refractivity contribution in [2.45, 2.75) is 31.7 Å². The summed E-state index contributed by atoms with van der Waals surface area (Å²) in [5, 5.41) is 0. The number of amides is 1. The van der Waals surface area contributed by atoms with Crippen molar-refractivity contribution < 1.29 is 4.79 Å². The highest BCUT2D eigenvalue weighted by atomic mass is 16.2. The molecule has 0 spiro atoms. The van der Waals surface area contributed by atoms with E-state index in [1.165, 1.54) is 18.5 Å². The quantitative estimate of drug-likeness (QED) is 0.849. The number of hydrogen-bond donors (Lipinski definition) is 0. The fraction of sp³-hybridized carbons (Fsp3) is 0.412. The average molecular weight is 283 g/mol. The number of carbonyl (C=O) groups excluding carboxylic acids is 1. The molecular formula is C17H21N3O. The maximum Gasteiger partial charge on any atom is 0.255 e. The molecule has 3 rings (SSSR count). The predicted molar refractivity (Wildman–Crippen MR) is 81.9 cm³/mol. The monoisotopic (exact) mass is 283 g/mol. The van der Waals surface area contributed by atoms with E-state index in [1.807, 2.05) is 36.3 Å². The molecule has 1 amide bonds. The van der Waals surface area contributed by atoms with Crippen LogP contribution in [-0.4, -0.2) is 26.9 Å². The van der Waals surface area contributed by atoms with Gasteiger partial charge in [-0.2, -0.15) is 0 Å². The number of pyridine rings is 1. The lowest BCUT2D eigenvalue weighted by atomic mass is 10.1. The fourth-order valence-corrected chi connectivity index (χ4v) is 3.13. The minimum Gasteiger partial charge on any atom is -0.353 e. The lowest BCUT2D eigenvalue weighted by molar-refractivity contribution is 0.0674. The lowest BCUT2D eigenvalue weighted by Crippen LogP contribution is -2.35.